The molecule has 1 aromatic heterocycles. The number of hydrogen-bond donors (Lipinski definition) is 3. The molecule has 32 heavy (non-hydrogen) atoms. The smallest absolute Gasteiger partial charge is 0.194 e. The van der Waals surface area contributed by atoms with Crippen molar-refractivity contribution in [1.29, 1.82) is 0 Å². The molecule has 0 saturated carbocycles. The molecule has 7 nitrogen and oxygen atoms in total. The van der Waals surface area contributed by atoms with Gasteiger partial charge in [0, 0.05) is 14.9 Å². The molecular formula is C20H17BrF3N3O4S. The summed E-state index contributed by atoms with van der Waals surface area (Å²) in [7, 11) is 0. The second-order valence-corrected chi connectivity index (χ2v) is 9.19. The number of nitrogens with zero attached hydrogens (tertiary/aromatic N) is 3. The zero-order valence-electron chi connectivity index (χ0n) is 16.1. The van der Waals surface area contributed by atoms with E-state index >= 15 is 0 Å². The first-order valence-corrected chi connectivity index (χ1v) is 11.1. The van der Waals surface area contributed by atoms with E-state index in [0.29, 0.717) is 0 Å². The summed E-state index contributed by atoms with van der Waals surface area (Å²) in [5.74, 6) is -4.37. The van der Waals surface area contributed by atoms with Gasteiger partial charge in [0.25, 0.3) is 0 Å². The van der Waals surface area contributed by atoms with Gasteiger partial charge in [-0.1, -0.05) is 32.9 Å². The normalized spacial score (nSPS) is 25.8. The fraction of sp³-hybridized carbons (Fsp3) is 0.300. The maximum atomic E-state index is 13.6. The van der Waals surface area contributed by atoms with Crippen LogP contribution in [0.2, 0.25) is 0 Å². The van der Waals surface area contributed by atoms with Gasteiger partial charge in [0.1, 0.15) is 35.5 Å². The van der Waals surface area contributed by atoms with Crippen molar-refractivity contribution in [2.45, 2.75) is 34.7 Å². The van der Waals surface area contributed by atoms with E-state index in [1.165, 1.54) is 18.0 Å². The number of benzene rings is 2. The van der Waals surface area contributed by atoms with Crippen LogP contribution in [-0.4, -0.2) is 60.7 Å². The number of aromatic nitrogens is 3. The number of rotatable bonds is 5. The lowest BCUT2D eigenvalue weighted by atomic mass is 9.97. The van der Waals surface area contributed by atoms with Gasteiger partial charge in [0.2, 0.25) is 0 Å². The third-order valence-electron chi connectivity index (χ3n) is 5.01. The fourth-order valence-corrected chi connectivity index (χ4v) is 4.71. The summed E-state index contributed by atoms with van der Waals surface area (Å²) in [5, 5.41) is 39.0. The topological polar surface area (TPSA) is 101 Å². The van der Waals surface area contributed by atoms with Crippen molar-refractivity contribution < 1.29 is 33.2 Å². The summed E-state index contributed by atoms with van der Waals surface area (Å²) in [6.45, 7) is -0.516. The van der Waals surface area contributed by atoms with Crippen LogP contribution in [0.25, 0.3) is 11.3 Å². The molecule has 3 aromatic rings. The van der Waals surface area contributed by atoms with Crippen LogP contribution in [0, 0.1) is 17.5 Å². The van der Waals surface area contributed by atoms with Gasteiger partial charge in [-0.15, -0.1) is 5.10 Å². The lowest BCUT2D eigenvalue weighted by Gasteiger charge is -2.41. The van der Waals surface area contributed by atoms with E-state index < -0.39 is 53.8 Å². The van der Waals surface area contributed by atoms with Gasteiger partial charge < -0.3 is 20.1 Å². The van der Waals surface area contributed by atoms with E-state index in [9.17, 15) is 28.5 Å². The Morgan fingerprint density at radius 3 is 2.34 bits per heavy atom. The van der Waals surface area contributed by atoms with Crippen LogP contribution >= 0.6 is 27.7 Å². The third kappa shape index (κ3) is 4.56. The van der Waals surface area contributed by atoms with E-state index in [-0.39, 0.29) is 11.3 Å². The van der Waals surface area contributed by atoms with Crippen LogP contribution in [-0.2, 0) is 4.74 Å². The molecule has 12 heteroatoms. The number of thioether (sulfide) groups is 1. The zero-order valence-corrected chi connectivity index (χ0v) is 18.5. The molecule has 0 bridgehead atoms. The van der Waals surface area contributed by atoms with Crippen LogP contribution < -0.4 is 0 Å². The molecule has 0 amide bonds. The van der Waals surface area contributed by atoms with Crippen molar-refractivity contribution in [2.75, 3.05) is 6.61 Å². The molecule has 170 valence electrons. The van der Waals surface area contributed by atoms with Gasteiger partial charge in [-0.05, 0) is 36.4 Å². The second-order valence-electron chi connectivity index (χ2n) is 7.11. The molecular weight excluding hydrogens is 515 g/mol. The summed E-state index contributed by atoms with van der Waals surface area (Å²) < 4.78 is 48.1. The van der Waals surface area contributed by atoms with E-state index in [4.69, 9.17) is 4.74 Å². The van der Waals surface area contributed by atoms with E-state index in [1.807, 2.05) is 24.3 Å². The predicted octanol–water partition coefficient (Wildman–Crippen LogP) is 2.90. The largest absolute Gasteiger partial charge is 0.394 e. The van der Waals surface area contributed by atoms with Gasteiger partial charge in [0.15, 0.2) is 17.5 Å². The van der Waals surface area contributed by atoms with Crippen molar-refractivity contribution in [3.8, 4) is 11.3 Å². The van der Waals surface area contributed by atoms with Crippen molar-refractivity contribution in [3.63, 3.8) is 0 Å². The molecule has 0 spiro atoms. The quantitative estimate of drug-likeness (QED) is 0.435. The standard InChI is InChI=1S/C20H17BrF3N3O4S/c21-10-1-3-11(4-2-10)32-20-19(30)17(18(29)15(8-28)31-20)27-7-14(25-26-27)9-5-12(22)16(24)13(23)6-9/h1-7,15,17-20,28-30H,8H2/t15?,17?,18-,19?,20+/m0/s1. The summed E-state index contributed by atoms with van der Waals surface area (Å²) in [5.41, 5.74) is -0.926. The average Bonchev–Trinajstić information content (AvgIpc) is 3.25. The van der Waals surface area contributed by atoms with Crippen LogP contribution in [0.15, 0.2) is 52.0 Å². The Balaban J connectivity index is 1.63. The maximum Gasteiger partial charge on any atom is 0.194 e. The Morgan fingerprint density at radius 1 is 1.06 bits per heavy atom. The molecule has 2 heterocycles. The Kier molecular flexibility index (Phi) is 6.89. The molecule has 3 N–H and O–H groups in total. The summed E-state index contributed by atoms with van der Waals surface area (Å²) in [6, 6.07) is 7.72. The summed E-state index contributed by atoms with van der Waals surface area (Å²) >= 11 is 4.54. The molecule has 5 atom stereocenters. The Hall–Kier alpha value is -1.96. The summed E-state index contributed by atoms with van der Waals surface area (Å²) in [4.78, 5) is 0.778. The van der Waals surface area contributed by atoms with Gasteiger partial charge >= 0.3 is 0 Å². The van der Waals surface area contributed by atoms with Crippen LogP contribution in [0.1, 0.15) is 6.04 Å². The van der Waals surface area contributed by atoms with Gasteiger partial charge in [-0.2, -0.15) is 0 Å². The highest BCUT2D eigenvalue weighted by atomic mass is 79.9. The minimum absolute atomic E-state index is 0.00588. The first-order valence-electron chi connectivity index (χ1n) is 9.40. The molecule has 1 fully saturated rings. The monoisotopic (exact) mass is 531 g/mol. The van der Waals surface area contributed by atoms with Gasteiger partial charge in [-0.3, -0.25) is 0 Å². The minimum atomic E-state index is -1.60. The molecule has 3 unspecified atom stereocenters. The molecule has 1 saturated heterocycles. The van der Waals surface area contributed by atoms with Crippen molar-refractivity contribution in [2.24, 2.45) is 0 Å². The zero-order chi connectivity index (χ0) is 23.0. The van der Waals surface area contributed by atoms with Crippen molar-refractivity contribution in [1.82, 2.24) is 15.0 Å². The number of halogens is 4. The lowest BCUT2D eigenvalue weighted by Crippen LogP contribution is -2.55. The predicted molar refractivity (Wildman–Crippen MR) is 112 cm³/mol. The van der Waals surface area contributed by atoms with Crippen LogP contribution in [0.4, 0.5) is 13.2 Å². The minimum Gasteiger partial charge on any atom is -0.394 e. The number of aliphatic hydroxyl groups excluding tert-OH is 3. The molecule has 0 aliphatic carbocycles. The molecule has 4 rings (SSSR count). The first kappa shape index (κ1) is 23.2. The number of ether oxygens (including phenoxy) is 1. The molecule has 2 aromatic carbocycles. The lowest BCUT2D eigenvalue weighted by molar-refractivity contribution is -0.178. The highest BCUT2D eigenvalue weighted by Gasteiger charge is 2.46. The average molecular weight is 532 g/mol. The van der Waals surface area contributed by atoms with Gasteiger partial charge in [0.05, 0.1) is 12.8 Å². The fourth-order valence-electron chi connectivity index (χ4n) is 3.38. The maximum absolute atomic E-state index is 13.6. The summed E-state index contributed by atoms with van der Waals surface area (Å²) in [6.07, 6.45) is -2.39. The van der Waals surface area contributed by atoms with Crippen LogP contribution in [0.5, 0.6) is 0 Å². The van der Waals surface area contributed by atoms with E-state index in [1.54, 1.807) is 0 Å². The van der Waals surface area contributed by atoms with Crippen LogP contribution in [0.3, 0.4) is 0 Å². The number of aliphatic hydroxyl groups is 3. The molecule has 0 radical (unpaired) electrons. The van der Waals surface area contributed by atoms with E-state index in [2.05, 4.69) is 26.2 Å². The SMILES string of the molecule is OCC1O[C@H](Sc2ccc(Br)cc2)C(O)C(n2cc(-c3cc(F)c(F)c(F)c3)nn2)[C@H]1O. The Bertz CT molecular complexity index is 1080. The first-order chi connectivity index (χ1) is 15.3. The molecule has 1 aliphatic heterocycles. The molecule has 1 aliphatic rings. The van der Waals surface area contributed by atoms with Crippen molar-refractivity contribution >= 4 is 27.7 Å². The van der Waals surface area contributed by atoms with Gasteiger partial charge in [-0.25, -0.2) is 17.9 Å². The third-order valence-corrected chi connectivity index (χ3v) is 6.70. The Labute approximate surface area is 193 Å². The van der Waals surface area contributed by atoms with E-state index in [0.717, 1.165) is 26.2 Å². The highest BCUT2D eigenvalue weighted by Crippen LogP contribution is 2.38. The highest BCUT2D eigenvalue weighted by molar-refractivity contribution is 9.10. The Morgan fingerprint density at radius 2 is 1.72 bits per heavy atom. The van der Waals surface area contributed by atoms with Crippen molar-refractivity contribution in [3.05, 3.63) is 64.5 Å². The number of hydrogen-bond acceptors (Lipinski definition) is 7. The second kappa shape index (κ2) is 9.49.